The summed E-state index contributed by atoms with van der Waals surface area (Å²) >= 11 is 1.61. The second-order valence-electron chi connectivity index (χ2n) is 7.71. The van der Waals surface area contributed by atoms with E-state index >= 15 is 0 Å². The van der Waals surface area contributed by atoms with Crippen molar-refractivity contribution >= 4 is 29.1 Å². The van der Waals surface area contributed by atoms with Gasteiger partial charge in [-0.3, -0.25) is 14.4 Å². The normalized spacial score (nSPS) is 16.9. The molecule has 1 aromatic heterocycles. The number of nitrogens with one attached hydrogen (secondary N) is 2. The van der Waals surface area contributed by atoms with E-state index in [1.807, 2.05) is 36.7 Å². The number of aryl methyl sites for hydroxylation is 1. The highest BCUT2D eigenvalue weighted by molar-refractivity contribution is 7.13. The lowest BCUT2D eigenvalue weighted by molar-refractivity contribution is -0.141. The maximum atomic E-state index is 12.7. The smallest absolute Gasteiger partial charge is 0.243 e. The van der Waals surface area contributed by atoms with Crippen LogP contribution in [0.5, 0.6) is 0 Å². The zero-order chi connectivity index (χ0) is 21.7. The molecule has 0 radical (unpaired) electrons. The third-order valence-corrected chi connectivity index (χ3v) is 6.32. The molecule has 0 aliphatic carbocycles. The third kappa shape index (κ3) is 5.24. The quantitative estimate of drug-likeness (QED) is 0.709. The summed E-state index contributed by atoms with van der Waals surface area (Å²) in [6.07, 6.45) is 1.47. The van der Waals surface area contributed by atoms with Crippen LogP contribution < -0.4 is 10.6 Å². The first-order valence-corrected chi connectivity index (χ1v) is 11.1. The van der Waals surface area contributed by atoms with Crippen molar-refractivity contribution < 1.29 is 14.4 Å². The average molecular weight is 429 g/mol. The molecule has 2 heterocycles. The summed E-state index contributed by atoms with van der Waals surface area (Å²) in [4.78, 5) is 43.6. The molecule has 0 bridgehead atoms. The van der Waals surface area contributed by atoms with Crippen LogP contribution in [0.3, 0.4) is 0 Å². The lowest BCUT2D eigenvalue weighted by atomic mass is 10.1. The van der Waals surface area contributed by atoms with Gasteiger partial charge in [0.15, 0.2) is 0 Å². The van der Waals surface area contributed by atoms with Gasteiger partial charge in [-0.25, -0.2) is 4.98 Å². The second-order valence-corrected chi connectivity index (χ2v) is 8.56. The van der Waals surface area contributed by atoms with Crippen molar-refractivity contribution in [3.05, 3.63) is 41.0 Å². The molecule has 2 atom stereocenters. The molecule has 1 saturated heterocycles. The molecule has 1 aliphatic heterocycles. The highest BCUT2D eigenvalue weighted by Gasteiger charge is 2.35. The van der Waals surface area contributed by atoms with Crippen LogP contribution in [-0.4, -0.2) is 46.7 Å². The van der Waals surface area contributed by atoms with Crippen molar-refractivity contribution in [1.82, 2.24) is 20.5 Å². The number of nitrogens with zero attached hydrogens (tertiary/aromatic N) is 2. The first-order valence-electron chi connectivity index (χ1n) is 10.2. The number of likely N-dealkylation sites (tertiary alicyclic amines) is 1. The van der Waals surface area contributed by atoms with E-state index in [1.165, 1.54) is 6.92 Å². The van der Waals surface area contributed by atoms with Gasteiger partial charge in [-0.05, 0) is 30.9 Å². The zero-order valence-electron chi connectivity index (χ0n) is 17.6. The molecule has 3 rings (SSSR count). The number of hydrogen-bond acceptors (Lipinski definition) is 5. The van der Waals surface area contributed by atoms with Gasteiger partial charge in [0.2, 0.25) is 17.7 Å². The Morgan fingerprint density at radius 1 is 1.23 bits per heavy atom. The molecule has 1 aromatic carbocycles. The van der Waals surface area contributed by atoms with Crippen LogP contribution in [0.15, 0.2) is 29.8 Å². The Morgan fingerprint density at radius 3 is 2.60 bits per heavy atom. The first kappa shape index (κ1) is 22.0. The fourth-order valence-electron chi connectivity index (χ4n) is 3.63. The van der Waals surface area contributed by atoms with Gasteiger partial charge in [0.05, 0.1) is 22.0 Å². The monoisotopic (exact) mass is 428 g/mol. The van der Waals surface area contributed by atoms with Crippen molar-refractivity contribution in [3.63, 3.8) is 0 Å². The van der Waals surface area contributed by atoms with E-state index in [0.29, 0.717) is 19.5 Å². The maximum Gasteiger partial charge on any atom is 0.243 e. The van der Waals surface area contributed by atoms with Gasteiger partial charge < -0.3 is 15.5 Å². The van der Waals surface area contributed by atoms with Crippen LogP contribution in [0.2, 0.25) is 0 Å². The minimum absolute atomic E-state index is 0.0920. The fourth-order valence-corrected chi connectivity index (χ4v) is 4.44. The SMILES string of the molecule is CC(=O)NC[C@@H](C)C(=O)N1CCC[C@H]1C(=O)NCc1ccc(-c2scnc2C)cc1. The van der Waals surface area contributed by atoms with Crippen LogP contribution in [0.1, 0.15) is 37.9 Å². The maximum absolute atomic E-state index is 12.7. The number of carbonyl (C=O) groups is 3. The van der Waals surface area contributed by atoms with Crippen LogP contribution >= 0.6 is 11.3 Å². The standard InChI is InChI=1S/C22H28N4O3S/c1-14(11-23-16(3)27)22(29)26-10-4-5-19(26)21(28)24-12-17-6-8-18(9-7-17)20-15(2)25-13-30-20/h6-9,13-14,19H,4-5,10-12H2,1-3H3,(H,23,27)(H,24,28)/t14-,19+/m1/s1. The van der Waals surface area contributed by atoms with Crippen LogP contribution in [0.25, 0.3) is 10.4 Å². The van der Waals surface area contributed by atoms with Gasteiger partial charge in [-0.1, -0.05) is 31.2 Å². The third-order valence-electron chi connectivity index (χ3n) is 5.35. The molecule has 8 heteroatoms. The minimum atomic E-state index is -0.448. The molecular formula is C22H28N4O3S. The van der Waals surface area contributed by atoms with E-state index in [2.05, 4.69) is 15.6 Å². The molecule has 2 aromatic rings. The molecule has 30 heavy (non-hydrogen) atoms. The summed E-state index contributed by atoms with van der Waals surface area (Å²) in [7, 11) is 0. The Bertz CT molecular complexity index is 909. The Kier molecular flexibility index (Phi) is 7.20. The van der Waals surface area contributed by atoms with Crippen molar-refractivity contribution in [1.29, 1.82) is 0 Å². The zero-order valence-corrected chi connectivity index (χ0v) is 18.4. The van der Waals surface area contributed by atoms with Crippen molar-refractivity contribution in [3.8, 4) is 10.4 Å². The van der Waals surface area contributed by atoms with E-state index in [9.17, 15) is 14.4 Å². The van der Waals surface area contributed by atoms with Crippen molar-refractivity contribution in [2.24, 2.45) is 5.92 Å². The molecule has 2 N–H and O–H groups in total. The van der Waals surface area contributed by atoms with Gasteiger partial charge in [0.1, 0.15) is 6.04 Å². The topological polar surface area (TPSA) is 91.4 Å². The van der Waals surface area contributed by atoms with Crippen LogP contribution in [-0.2, 0) is 20.9 Å². The molecule has 3 amide bonds. The Morgan fingerprint density at radius 2 is 1.97 bits per heavy atom. The number of benzene rings is 1. The first-order chi connectivity index (χ1) is 14.4. The number of hydrogen-bond donors (Lipinski definition) is 2. The van der Waals surface area contributed by atoms with Crippen molar-refractivity contribution in [2.45, 2.75) is 46.2 Å². The average Bonchev–Trinajstić information content (AvgIpc) is 3.39. The van der Waals surface area contributed by atoms with Gasteiger partial charge in [0.25, 0.3) is 0 Å². The van der Waals surface area contributed by atoms with Crippen LogP contribution in [0.4, 0.5) is 0 Å². The number of rotatable bonds is 7. The van der Waals surface area contributed by atoms with E-state index in [4.69, 9.17) is 0 Å². The number of carbonyl (C=O) groups excluding carboxylic acids is 3. The van der Waals surface area contributed by atoms with E-state index in [-0.39, 0.29) is 30.2 Å². The lowest BCUT2D eigenvalue weighted by Crippen LogP contribution is -2.48. The predicted octanol–water partition coefficient (Wildman–Crippen LogP) is 2.50. The number of thiazole rings is 1. The Balaban J connectivity index is 1.55. The fraction of sp³-hybridized carbons (Fsp3) is 0.455. The largest absolute Gasteiger partial charge is 0.356 e. The second kappa shape index (κ2) is 9.84. The molecule has 0 spiro atoms. The van der Waals surface area contributed by atoms with Gasteiger partial charge in [-0.15, -0.1) is 11.3 Å². The molecule has 1 aliphatic rings. The summed E-state index contributed by atoms with van der Waals surface area (Å²) in [6, 6.07) is 7.63. The molecule has 0 unspecified atom stereocenters. The summed E-state index contributed by atoms with van der Waals surface area (Å²) in [5, 5.41) is 5.64. The summed E-state index contributed by atoms with van der Waals surface area (Å²) < 4.78 is 0. The number of aromatic nitrogens is 1. The lowest BCUT2D eigenvalue weighted by Gasteiger charge is -2.27. The van der Waals surface area contributed by atoms with Gasteiger partial charge in [-0.2, -0.15) is 0 Å². The van der Waals surface area contributed by atoms with Gasteiger partial charge >= 0.3 is 0 Å². The van der Waals surface area contributed by atoms with Crippen LogP contribution in [0, 0.1) is 12.8 Å². The number of amides is 3. The van der Waals surface area contributed by atoms with E-state index in [1.54, 1.807) is 23.2 Å². The summed E-state index contributed by atoms with van der Waals surface area (Å²) in [5.41, 5.74) is 4.97. The highest BCUT2D eigenvalue weighted by Crippen LogP contribution is 2.27. The molecule has 7 nitrogen and oxygen atoms in total. The highest BCUT2D eigenvalue weighted by atomic mass is 32.1. The molecular weight excluding hydrogens is 400 g/mol. The predicted molar refractivity (Wildman–Crippen MR) is 117 cm³/mol. The molecule has 160 valence electrons. The van der Waals surface area contributed by atoms with E-state index < -0.39 is 6.04 Å². The molecule has 1 fully saturated rings. The summed E-state index contributed by atoms with van der Waals surface area (Å²) in [6.45, 7) is 6.47. The minimum Gasteiger partial charge on any atom is -0.356 e. The Hall–Kier alpha value is -2.74. The summed E-state index contributed by atoms with van der Waals surface area (Å²) in [5.74, 6) is -0.743. The molecule has 0 saturated carbocycles. The van der Waals surface area contributed by atoms with Crippen molar-refractivity contribution in [2.75, 3.05) is 13.1 Å². The van der Waals surface area contributed by atoms with Gasteiger partial charge in [0, 0.05) is 26.6 Å². The van der Waals surface area contributed by atoms with E-state index in [0.717, 1.165) is 28.1 Å². The Labute approximate surface area is 180 Å².